The van der Waals surface area contributed by atoms with E-state index in [-0.39, 0.29) is 23.8 Å². The van der Waals surface area contributed by atoms with Crippen molar-refractivity contribution in [3.63, 3.8) is 0 Å². The number of halogens is 2. The minimum atomic E-state index is -0.957. The Morgan fingerprint density at radius 1 is 1.37 bits per heavy atom. The molecular weight excluding hydrogens is 476 g/mol. The van der Waals surface area contributed by atoms with E-state index in [1.165, 1.54) is 18.9 Å². The van der Waals surface area contributed by atoms with Gasteiger partial charge in [-0.2, -0.15) is 0 Å². The number of nitrogens with zero attached hydrogens (tertiary/aromatic N) is 1. The predicted molar refractivity (Wildman–Crippen MR) is 87.3 cm³/mol. The van der Waals surface area contributed by atoms with Gasteiger partial charge in [0.2, 0.25) is 0 Å². The predicted octanol–water partition coefficient (Wildman–Crippen LogP) is 2.39. The van der Waals surface area contributed by atoms with Crippen LogP contribution in [0.1, 0.15) is 17.3 Å². The number of rotatable bonds is 4. The number of carbonyl (C=O) groups is 2. The molecule has 1 amide bonds. The molecule has 1 unspecified atom stereocenters. The average molecular weight is 489 g/mol. The van der Waals surface area contributed by atoms with E-state index >= 15 is 0 Å². The number of phenols is 1. The minimum absolute atomic E-state index is 0.0687. The fourth-order valence-electron chi connectivity index (χ4n) is 1.51. The molecule has 0 bridgehead atoms. The summed E-state index contributed by atoms with van der Waals surface area (Å²) < 4.78 is 1.43. The maximum atomic E-state index is 12.2. The molecule has 0 aromatic heterocycles. The molecule has 1 rings (SSSR count). The van der Waals surface area contributed by atoms with E-state index in [4.69, 9.17) is 5.11 Å². The summed E-state index contributed by atoms with van der Waals surface area (Å²) in [5.41, 5.74) is 0.191. The Balaban J connectivity index is 2.97. The van der Waals surface area contributed by atoms with Crippen molar-refractivity contribution in [2.24, 2.45) is 5.92 Å². The van der Waals surface area contributed by atoms with Crippen molar-refractivity contribution in [1.29, 1.82) is 0 Å². The molecule has 0 spiro atoms. The largest absolute Gasteiger partial charge is 0.506 e. The third-order valence-electron chi connectivity index (χ3n) is 2.57. The second kappa shape index (κ2) is 6.73. The molecule has 19 heavy (non-hydrogen) atoms. The molecule has 7 heteroatoms. The summed E-state index contributed by atoms with van der Waals surface area (Å²) in [5.74, 6) is -2.07. The number of aromatic hydroxyl groups is 1. The molecule has 0 aliphatic rings. The molecule has 0 saturated heterocycles. The van der Waals surface area contributed by atoms with Crippen LogP contribution in [0.4, 0.5) is 0 Å². The maximum absolute atomic E-state index is 12.2. The molecule has 1 aromatic carbocycles. The second-order valence-electron chi connectivity index (χ2n) is 4.21. The van der Waals surface area contributed by atoms with Crippen LogP contribution in [0.2, 0.25) is 0 Å². The summed E-state index contributed by atoms with van der Waals surface area (Å²) in [6, 6.07) is 3.34. The fourth-order valence-corrected chi connectivity index (χ4v) is 3.35. The molecule has 0 radical (unpaired) electrons. The van der Waals surface area contributed by atoms with Crippen LogP contribution in [0.5, 0.6) is 5.75 Å². The van der Waals surface area contributed by atoms with Crippen LogP contribution in [0.25, 0.3) is 0 Å². The third-order valence-corrected chi connectivity index (χ3v) is 4.02. The van der Waals surface area contributed by atoms with Gasteiger partial charge in [0.1, 0.15) is 5.75 Å². The highest BCUT2D eigenvalue weighted by atomic mass is 127. The first kappa shape index (κ1) is 16.5. The topological polar surface area (TPSA) is 77.8 Å². The molecule has 0 fully saturated rings. The third kappa shape index (κ3) is 4.20. The van der Waals surface area contributed by atoms with Gasteiger partial charge in [-0.15, -0.1) is 0 Å². The van der Waals surface area contributed by atoms with E-state index in [2.05, 4.69) is 22.6 Å². The number of aliphatic carboxylic acids is 1. The zero-order chi connectivity index (χ0) is 14.7. The van der Waals surface area contributed by atoms with Crippen molar-refractivity contribution in [3.8, 4) is 5.75 Å². The minimum Gasteiger partial charge on any atom is -0.506 e. The van der Waals surface area contributed by atoms with Gasteiger partial charge in [0, 0.05) is 17.2 Å². The maximum Gasteiger partial charge on any atom is 0.308 e. The van der Waals surface area contributed by atoms with Crippen LogP contribution in [0.15, 0.2) is 12.1 Å². The van der Waals surface area contributed by atoms with Crippen molar-refractivity contribution in [2.75, 3.05) is 13.6 Å². The normalized spacial score (nSPS) is 12.0. The van der Waals surface area contributed by atoms with Gasteiger partial charge in [-0.05, 0) is 57.3 Å². The number of hydrogen-bond donors (Lipinski definition) is 2. The molecule has 0 aliphatic heterocycles. The van der Waals surface area contributed by atoms with Crippen molar-refractivity contribution in [2.45, 2.75) is 6.92 Å². The monoisotopic (exact) mass is 489 g/mol. The van der Waals surface area contributed by atoms with E-state index < -0.39 is 11.9 Å². The van der Waals surface area contributed by atoms with Crippen LogP contribution in [0.3, 0.4) is 0 Å². The number of hydrogen-bond acceptors (Lipinski definition) is 3. The average Bonchev–Trinajstić information content (AvgIpc) is 2.32. The number of carboxylic acid groups (broad SMARTS) is 1. The lowest BCUT2D eigenvalue weighted by Crippen LogP contribution is -2.33. The second-order valence-corrected chi connectivity index (χ2v) is 6.62. The molecule has 0 aliphatic carbocycles. The summed E-state index contributed by atoms with van der Waals surface area (Å²) >= 11 is 4.01. The Morgan fingerprint density at radius 2 is 1.95 bits per heavy atom. The lowest BCUT2D eigenvalue weighted by Gasteiger charge is -2.20. The van der Waals surface area contributed by atoms with Crippen molar-refractivity contribution in [1.82, 2.24) is 4.90 Å². The van der Waals surface area contributed by atoms with Gasteiger partial charge in [-0.25, -0.2) is 0 Å². The van der Waals surface area contributed by atoms with Gasteiger partial charge in [-0.3, -0.25) is 9.59 Å². The van der Waals surface area contributed by atoms with Crippen molar-refractivity contribution in [3.05, 3.63) is 24.8 Å². The van der Waals surface area contributed by atoms with Crippen molar-refractivity contribution < 1.29 is 19.8 Å². The van der Waals surface area contributed by atoms with E-state index in [0.29, 0.717) is 3.57 Å². The Bertz CT molecular complexity index is 519. The first-order valence-corrected chi connectivity index (χ1v) is 7.56. The van der Waals surface area contributed by atoms with E-state index in [9.17, 15) is 14.7 Å². The Kier molecular flexibility index (Phi) is 5.83. The lowest BCUT2D eigenvalue weighted by molar-refractivity contribution is -0.141. The van der Waals surface area contributed by atoms with Gasteiger partial charge in [0.05, 0.1) is 15.1 Å². The van der Waals surface area contributed by atoms with E-state index in [1.54, 1.807) is 12.1 Å². The Labute approximate surface area is 138 Å². The molecule has 1 atom stereocenters. The quantitative estimate of drug-likeness (QED) is 0.638. The van der Waals surface area contributed by atoms with Crippen molar-refractivity contribution >= 4 is 57.1 Å². The van der Waals surface area contributed by atoms with Crippen LogP contribution in [-0.4, -0.2) is 40.6 Å². The van der Waals surface area contributed by atoms with Crippen LogP contribution >= 0.6 is 45.2 Å². The summed E-state index contributed by atoms with van der Waals surface area (Å²) in [5, 5.41) is 18.7. The zero-order valence-corrected chi connectivity index (χ0v) is 14.7. The highest BCUT2D eigenvalue weighted by Gasteiger charge is 2.22. The summed E-state index contributed by atoms with van der Waals surface area (Å²) in [7, 11) is 1.52. The highest BCUT2D eigenvalue weighted by Crippen LogP contribution is 2.27. The van der Waals surface area contributed by atoms with E-state index in [1.807, 2.05) is 22.6 Å². The first-order chi connectivity index (χ1) is 8.73. The van der Waals surface area contributed by atoms with Crippen LogP contribution in [-0.2, 0) is 4.79 Å². The molecule has 0 saturated carbocycles. The van der Waals surface area contributed by atoms with Crippen LogP contribution in [0, 0.1) is 13.1 Å². The summed E-state index contributed by atoms with van der Waals surface area (Å²) in [4.78, 5) is 24.3. The number of phenolic OH excluding ortho intramolecular Hbond substituents is 1. The Hall–Kier alpha value is -0.580. The zero-order valence-electron chi connectivity index (χ0n) is 10.4. The Morgan fingerprint density at radius 3 is 2.47 bits per heavy atom. The number of carboxylic acids is 1. The van der Waals surface area contributed by atoms with Crippen LogP contribution < -0.4 is 0 Å². The molecular formula is C12H13I2NO4. The van der Waals surface area contributed by atoms with Gasteiger partial charge >= 0.3 is 5.97 Å². The molecule has 104 valence electrons. The number of benzene rings is 1. The first-order valence-electron chi connectivity index (χ1n) is 5.40. The summed E-state index contributed by atoms with van der Waals surface area (Å²) in [6.07, 6.45) is 0. The highest BCUT2D eigenvalue weighted by molar-refractivity contribution is 14.1. The van der Waals surface area contributed by atoms with Gasteiger partial charge in [-0.1, -0.05) is 6.92 Å². The number of carbonyl (C=O) groups excluding carboxylic acids is 1. The lowest BCUT2D eigenvalue weighted by atomic mass is 10.1. The SMILES string of the molecule is CC(CN(C)C(=O)c1cc(I)cc(I)c1O)C(=O)O. The van der Waals surface area contributed by atoms with E-state index in [0.717, 1.165) is 3.57 Å². The molecule has 2 N–H and O–H groups in total. The number of amides is 1. The fraction of sp³-hybridized carbons (Fsp3) is 0.333. The van der Waals surface area contributed by atoms with Gasteiger partial charge in [0.15, 0.2) is 0 Å². The standard InChI is InChI=1S/C12H13I2NO4/c1-6(12(18)19)5-15(2)11(17)8-3-7(13)4-9(14)10(8)16/h3-4,6,16H,5H2,1-2H3,(H,18,19). The smallest absolute Gasteiger partial charge is 0.308 e. The summed E-state index contributed by atoms with van der Waals surface area (Å²) in [6.45, 7) is 1.63. The van der Waals surface area contributed by atoms with Gasteiger partial charge < -0.3 is 15.1 Å². The molecule has 5 nitrogen and oxygen atoms in total. The molecule has 1 aromatic rings. The molecule has 0 heterocycles. The van der Waals surface area contributed by atoms with Gasteiger partial charge in [0.25, 0.3) is 5.91 Å².